The minimum atomic E-state index is -1.40. The van der Waals surface area contributed by atoms with Crippen LogP contribution in [0.5, 0.6) is 11.5 Å². The molecule has 0 bridgehead atoms. The van der Waals surface area contributed by atoms with Crippen LogP contribution in [0.4, 0.5) is 0 Å². The zero-order chi connectivity index (χ0) is 15.0. The van der Waals surface area contributed by atoms with E-state index in [1.165, 1.54) is 0 Å². The molecule has 0 aromatic heterocycles. The third-order valence-electron chi connectivity index (χ3n) is 4.99. The molecule has 2 aliphatic rings. The largest absolute Gasteiger partial charge is 0.505 e. The van der Waals surface area contributed by atoms with Gasteiger partial charge >= 0.3 is 6.69 Å². The number of benzene rings is 2. The SMILES string of the molecule is C[N+]12CCO[B-]1(c1ccc(Oc3ccccc3)cc1)OCC2. The van der Waals surface area contributed by atoms with E-state index in [4.69, 9.17) is 14.0 Å². The van der Waals surface area contributed by atoms with Gasteiger partial charge in [-0.15, -0.1) is 0 Å². The van der Waals surface area contributed by atoms with Gasteiger partial charge in [0.15, 0.2) is 0 Å². The van der Waals surface area contributed by atoms with E-state index >= 15 is 0 Å². The van der Waals surface area contributed by atoms with Gasteiger partial charge in [0.05, 0.1) is 26.3 Å². The fourth-order valence-electron chi connectivity index (χ4n) is 3.66. The second-order valence-electron chi connectivity index (χ2n) is 6.32. The number of quaternary nitrogens is 1. The summed E-state index contributed by atoms with van der Waals surface area (Å²) in [6, 6.07) is 17.9. The average molecular weight is 297 g/mol. The predicted octanol–water partition coefficient (Wildman–Crippen LogP) is 2.13. The van der Waals surface area contributed by atoms with Gasteiger partial charge in [0.25, 0.3) is 0 Å². The maximum atomic E-state index is 6.08. The Hall–Kier alpha value is -1.82. The molecule has 4 rings (SSSR count). The summed E-state index contributed by atoms with van der Waals surface area (Å²) >= 11 is 0. The Balaban J connectivity index is 1.60. The Kier molecular flexibility index (Phi) is 3.22. The maximum absolute atomic E-state index is 6.08. The van der Waals surface area contributed by atoms with E-state index in [0.29, 0.717) is 0 Å². The summed E-state index contributed by atoms with van der Waals surface area (Å²) < 4.78 is 18.9. The summed E-state index contributed by atoms with van der Waals surface area (Å²) in [5.74, 6) is 1.67. The monoisotopic (exact) mass is 297 g/mol. The van der Waals surface area contributed by atoms with Crippen molar-refractivity contribution in [1.29, 1.82) is 0 Å². The van der Waals surface area contributed by atoms with Crippen LogP contribution in [-0.2, 0) is 9.31 Å². The molecule has 0 N–H and O–H groups in total. The van der Waals surface area contributed by atoms with Crippen molar-refractivity contribution in [3.05, 3.63) is 54.6 Å². The van der Waals surface area contributed by atoms with Crippen LogP contribution in [-0.4, -0.2) is 44.4 Å². The van der Waals surface area contributed by atoms with Crippen molar-refractivity contribution < 1.29 is 18.4 Å². The number of fused-ring (bicyclic) bond motifs is 1. The molecular weight excluding hydrogens is 277 g/mol. The van der Waals surface area contributed by atoms with E-state index < -0.39 is 6.69 Å². The standard InChI is InChI=1S/C17H20BNO3/c1-19-11-13-20-18(19,21-14-12-19)15-7-9-17(10-8-15)22-16-5-3-2-4-6-16/h2-10H,11-14H2,1H3. The van der Waals surface area contributed by atoms with Crippen LogP contribution >= 0.6 is 0 Å². The molecule has 2 aromatic carbocycles. The molecule has 2 fully saturated rings. The highest BCUT2D eigenvalue weighted by molar-refractivity contribution is 6.75. The first kappa shape index (κ1) is 13.8. The van der Waals surface area contributed by atoms with Gasteiger partial charge in [-0.05, 0) is 24.3 Å². The lowest BCUT2D eigenvalue weighted by atomic mass is 9.61. The van der Waals surface area contributed by atoms with Gasteiger partial charge in [-0.2, -0.15) is 0 Å². The fraction of sp³-hybridized carbons (Fsp3) is 0.294. The van der Waals surface area contributed by atoms with Crippen LogP contribution in [0.15, 0.2) is 54.6 Å². The van der Waals surface area contributed by atoms with Gasteiger partial charge in [-0.1, -0.05) is 35.8 Å². The first-order chi connectivity index (χ1) is 10.7. The van der Waals surface area contributed by atoms with Crippen molar-refractivity contribution >= 4 is 12.1 Å². The van der Waals surface area contributed by atoms with Crippen LogP contribution in [0.2, 0.25) is 0 Å². The molecule has 0 radical (unpaired) electrons. The lowest BCUT2D eigenvalue weighted by Gasteiger charge is -2.43. The van der Waals surface area contributed by atoms with Gasteiger partial charge in [0, 0.05) is 7.05 Å². The van der Waals surface area contributed by atoms with Crippen molar-refractivity contribution in [2.45, 2.75) is 0 Å². The van der Waals surface area contributed by atoms with Crippen LogP contribution in [0.3, 0.4) is 0 Å². The van der Waals surface area contributed by atoms with Crippen LogP contribution in [0.25, 0.3) is 0 Å². The molecule has 0 aliphatic carbocycles. The summed E-state index contributed by atoms with van der Waals surface area (Å²) in [5.41, 5.74) is 1.12. The van der Waals surface area contributed by atoms with Crippen LogP contribution < -0.4 is 10.2 Å². The fourth-order valence-corrected chi connectivity index (χ4v) is 3.66. The number of nitrogens with zero attached hydrogens (tertiary/aromatic N) is 1. The van der Waals surface area contributed by atoms with Crippen molar-refractivity contribution in [3.8, 4) is 11.5 Å². The molecule has 5 heteroatoms. The smallest absolute Gasteiger partial charge is 0.502 e. The molecule has 0 atom stereocenters. The number of hydrogen-bond acceptors (Lipinski definition) is 3. The topological polar surface area (TPSA) is 27.7 Å². The average Bonchev–Trinajstić information content (AvgIpc) is 3.03. The molecule has 0 amide bonds. The Morgan fingerprint density at radius 3 is 2.09 bits per heavy atom. The van der Waals surface area contributed by atoms with E-state index in [1.807, 2.05) is 42.5 Å². The van der Waals surface area contributed by atoms with Gasteiger partial charge in [0.2, 0.25) is 0 Å². The van der Waals surface area contributed by atoms with Gasteiger partial charge in [-0.25, -0.2) is 0 Å². The van der Waals surface area contributed by atoms with E-state index in [-0.39, 0.29) is 0 Å². The Morgan fingerprint density at radius 2 is 1.45 bits per heavy atom. The molecule has 2 saturated heterocycles. The quantitative estimate of drug-likeness (QED) is 0.812. The number of para-hydroxylation sites is 1. The number of hydrogen-bond donors (Lipinski definition) is 0. The lowest BCUT2D eigenvalue weighted by molar-refractivity contribution is -0.798. The molecule has 0 unspecified atom stereocenters. The van der Waals surface area contributed by atoms with Crippen molar-refractivity contribution in [2.75, 3.05) is 33.4 Å². The maximum Gasteiger partial charge on any atom is 0.502 e. The van der Waals surface area contributed by atoms with E-state index in [9.17, 15) is 0 Å². The second-order valence-corrected chi connectivity index (χ2v) is 6.32. The van der Waals surface area contributed by atoms with Crippen molar-refractivity contribution in [1.82, 2.24) is 0 Å². The van der Waals surface area contributed by atoms with Crippen molar-refractivity contribution in [2.24, 2.45) is 0 Å². The van der Waals surface area contributed by atoms with E-state index in [2.05, 4.69) is 19.2 Å². The predicted molar refractivity (Wildman–Crippen MR) is 86.2 cm³/mol. The molecule has 114 valence electrons. The minimum Gasteiger partial charge on any atom is -0.505 e. The van der Waals surface area contributed by atoms with Crippen molar-refractivity contribution in [3.63, 3.8) is 0 Å². The number of likely N-dealkylation sites (N-methyl/N-ethyl adjacent to an activating group) is 1. The highest BCUT2D eigenvalue weighted by atomic mass is 16.6. The minimum absolute atomic E-state index is 0.763. The van der Waals surface area contributed by atoms with E-state index in [0.717, 1.165) is 47.7 Å². The molecule has 22 heavy (non-hydrogen) atoms. The summed E-state index contributed by atoms with van der Waals surface area (Å²) in [6.45, 7) is 2.16. The third kappa shape index (κ3) is 2.05. The summed E-state index contributed by atoms with van der Waals surface area (Å²) in [7, 11) is 2.23. The molecule has 0 spiro atoms. The van der Waals surface area contributed by atoms with Gasteiger partial charge in [0.1, 0.15) is 11.5 Å². The molecule has 2 aromatic rings. The normalized spacial score (nSPS) is 30.2. The third-order valence-corrected chi connectivity index (χ3v) is 4.99. The summed E-state index contributed by atoms with van der Waals surface area (Å²) in [6.07, 6.45) is 0. The Morgan fingerprint density at radius 1 is 0.864 bits per heavy atom. The second kappa shape index (κ2) is 5.12. The van der Waals surface area contributed by atoms with Gasteiger partial charge in [-0.3, -0.25) is 0 Å². The molecule has 0 saturated carbocycles. The first-order valence-corrected chi connectivity index (χ1v) is 7.82. The molecule has 4 nitrogen and oxygen atoms in total. The van der Waals surface area contributed by atoms with Gasteiger partial charge < -0.3 is 18.4 Å². The molecular formula is C17H20BNO3. The zero-order valence-corrected chi connectivity index (χ0v) is 12.8. The van der Waals surface area contributed by atoms with Crippen LogP contribution in [0, 0.1) is 0 Å². The highest BCUT2D eigenvalue weighted by Gasteiger charge is 2.57. The Bertz CT molecular complexity index is 649. The highest BCUT2D eigenvalue weighted by Crippen LogP contribution is 2.32. The molecule has 2 aliphatic heterocycles. The summed E-state index contributed by atoms with van der Waals surface area (Å²) in [5, 5.41) is 0. The number of rotatable bonds is 3. The zero-order valence-electron chi connectivity index (χ0n) is 12.8. The Labute approximate surface area is 130 Å². The summed E-state index contributed by atoms with van der Waals surface area (Å²) in [4.78, 5) is 0. The lowest BCUT2D eigenvalue weighted by Crippen LogP contribution is -2.67. The van der Waals surface area contributed by atoms with E-state index in [1.54, 1.807) is 0 Å². The number of ether oxygens (including phenoxy) is 1. The molecule has 2 heterocycles. The van der Waals surface area contributed by atoms with Crippen LogP contribution in [0.1, 0.15) is 0 Å². The first-order valence-electron chi connectivity index (χ1n) is 7.82.